The van der Waals surface area contributed by atoms with Crippen LogP contribution >= 0.6 is 11.6 Å². The number of rotatable bonds is 5. The molecule has 0 saturated heterocycles. The summed E-state index contributed by atoms with van der Waals surface area (Å²) in [6.07, 6.45) is 1.91. The second-order valence-corrected chi connectivity index (χ2v) is 6.47. The van der Waals surface area contributed by atoms with Crippen molar-refractivity contribution < 1.29 is 13.2 Å². The summed E-state index contributed by atoms with van der Waals surface area (Å²) in [5.41, 5.74) is 0. The van der Waals surface area contributed by atoms with E-state index >= 15 is 0 Å². The van der Waals surface area contributed by atoms with E-state index in [9.17, 15) is 8.42 Å². The summed E-state index contributed by atoms with van der Waals surface area (Å²) in [5, 5.41) is 1.51. The molecule has 0 spiro atoms. The van der Waals surface area contributed by atoms with Gasteiger partial charge >= 0.3 is 0 Å². The molecule has 0 fully saturated rings. The minimum Gasteiger partial charge on any atom is -0.497 e. The average Bonchev–Trinajstić information content (AvgIpc) is 2.43. The summed E-state index contributed by atoms with van der Waals surface area (Å²) in [6, 6.07) is 7.00. The lowest BCUT2D eigenvalue weighted by atomic mass is 10.2. The first kappa shape index (κ1) is 14.1. The maximum atomic E-state index is 12.2. The Kier molecular flexibility index (Phi) is 4.27. The van der Waals surface area contributed by atoms with Crippen molar-refractivity contribution in [3.8, 4) is 5.75 Å². The second-order valence-electron chi connectivity index (χ2n) is 4.06. The normalized spacial score (nSPS) is 11.7. The molecule has 0 aliphatic rings. The lowest BCUT2D eigenvalue weighted by molar-refractivity contribution is 0.415. The van der Waals surface area contributed by atoms with Gasteiger partial charge in [-0.1, -0.05) is 0 Å². The highest BCUT2D eigenvalue weighted by molar-refractivity contribution is 7.91. The maximum Gasteiger partial charge on any atom is 0.196 e. The molecule has 102 valence electrons. The van der Waals surface area contributed by atoms with Crippen LogP contribution in [0, 0.1) is 0 Å². The van der Waals surface area contributed by atoms with Gasteiger partial charge in [-0.15, -0.1) is 11.6 Å². The van der Waals surface area contributed by atoms with E-state index in [0.29, 0.717) is 23.4 Å². The van der Waals surface area contributed by atoms with Crippen molar-refractivity contribution in [2.24, 2.45) is 0 Å². The number of methoxy groups -OCH3 is 1. The molecule has 6 heteroatoms. The fraction of sp³-hybridized carbons (Fsp3) is 0.308. The van der Waals surface area contributed by atoms with Crippen LogP contribution in [0.1, 0.15) is 6.42 Å². The highest BCUT2D eigenvalue weighted by Crippen LogP contribution is 2.25. The van der Waals surface area contributed by atoms with E-state index in [1.54, 1.807) is 31.4 Å². The molecule has 0 aliphatic carbocycles. The van der Waals surface area contributed by atoms with Crippen LogP contribution in [0.2, 0.25) is 0 Å². The van der Waals surface area contributed by atoms with E-state index < -0.39 is 9.84 Å². The third-order valence-electron chi connectivity index (χ3n) is 2.78. The maximum absolute atomic E-state index is 12.2. The molecule has 0 radical (unpaired) electrons. The molecule has 4 nitrogen and oxygen atoms in total. The summed E-state index contributed by atoms with van der Waals surface area (Å²) in [6.45, 7) is 0. The van der Waals surface area contributed by atoms with Crippen LogP contribution in [-0.4, -0.2) is 32.1 Å². The minimum atomic E-state index is -3.40. The van der Waals surface area contributed by atoms with Crippen LogP contribution in [0.15, 0.2) is 35.5 Å². The molecule has 0 aliphatic heterocycles. The van der Waals surface area contributed by atoms with E-state index in [1.807, 2.05) is 0 Å². The Labute approximate surface area is 117 Å². The number of alkyl halides is 1. The first-order valence-electron chi connectivity index (χ1n) is 5.80. The molecule has 0 amide bonds. The Morgan fingerprint density at radius 2 is 2.11 bits per heavy atom. The number of hydrogen-bond acceptors (Lipinski definition) is 4. The predicted molar refractivity (Wildman–Crippen MR) is 75.7 cm³/mol. The van der Waals surface area contributed by atoms with Crippen molar-refractivity contribution in [1.82, 2.24) is 4.98 Å². The van der Waals surface area contributed by atoms with Gasteiger partial charge in [-0.2, -0.15) is 0 Å². The Bertz CT molecular complexity index is 685. The fourth-order valence-electron chi connectivity index (χ4n) is 1.84. The zero-order valence-corrected chi connectivity index (χ0v) is 12.0. The largest absolute Gasteiger partial charge is 0.497 e. The zero-order chi connectivity index (χ0) is 13.9. The predicted octanol–water partition coefficient (Wildman–Crippen LogP) is 2.65. The smallest absolute Gasteiger partial charge is 0.196 e. The fourth-order valence-corrected chi connectivity index (χ4v) is 3.60. The summed E-state index contributed by atoms with van der Waals surface area (Å²) in [5.74, 6) is 1.01. The van der Waals surface area contributed by atoms with Crippen LogP contribution < -0.4 is 4.74 Å². The van der Waals surface area contributed by atoms with Crippen LogP contribution in [0.3, 0.4) is 0 Å². The molecular weight excluding hydrogens is 286 g/mol. The summed E-state index contributed by atoms with van der Waals surface area (Å²) >= 11 is 5.55. The number of benzene rings is 1. The molecule has 2 aromatic rings. The second kappa shape index (κ2) is 5.75. The van der Waals surface area contributed by atoms with E-state index in [0.717, 1.165) is 5.39 Å². The summed E-state index contributed by atoms with van der Waals surface area (Å²) < 4.78 is 29.5. The van der Waals surface area contributed by atoms with Crippen molar-refractivity contribution >= 4 is 32.2 Å². The number of pyridine rings is 1. The van der Waals surface area contributed by atoms with Gasteiger partial charge in [0.05, 0.1) is 12.9 Å². The Morgan fingerprint density at radius 1 is 1.32 bits per heavy atom. The van der Waals surface area contributed by atoms with Gasteiger partial charge in [0.1, 0.15) is 5.75 Å². The molecular formula is C13H14ClNO3S. The number of sulfone groups is 1. The van der Waals surface area contributed by atoms with E-state index in [4.69, 9.17) is 16.3 Å². The van der Waals surface area contributed by atoms with E-state index in [2.05, 4.69) is 4.98 Å². The molecule has 1 aromatic heterocycles. The van der Waals surface area contributed by atoms with Gasteiger partial charge in [0.2, 0.25) is 0 Å². The standard InChI is InChI=1S/C13H14ClNO3S/c1-18-11-3-4-12-10(9-11)5-7-15-13(12)19(16,17)8-2-6-14/h3-5,7,9H,2,6,8H2,1H3. The Balaban J connectivity index is 2.55. The SMILES string of the molecule is COc1ccc2c(S(=O)(=O)CCCCl)nccc2c1. The lowest BCUT2D eigenvalue weighted by Gasteiger charge is -2.07. The number of ether oxygens (including phenoxy) is 1. The van der Waals surface area contributed by atoms with Gasteiger partial charge < -0.3 is 4.74 Å². The van der Waals surface area contributed by atoms with Gasteiger partial charge in [0.25, 0.3) is 0 Å². The van der Waals surface area contributed by atoms with Crippen molar-refractivity contribution in [1.29, 1.82) is 0 Å². The Hall–Kier alpha value is -1.33. The third kappa shape index (κ3) is 2.98. The van der Waals surface area contributed by atoms with Gasteiger partial charge in [-0.25, -0.2) is 13.4 Å². The first-order valence-corrected chi connectivity index (χ1v) is 7.98. The van der Waals surface area contributed by atoms with Crippen LogP contribution in [-0.2, 0) is 9.84 Å². The number of aromatic nitrogens is 1. The number of nitrogens with zero attached hydrogens (tertiary/aromatic N) is 1. The lowest BCUT2D eigenvalue weighted by Crippen LogP contribution is -2.09. The molecule has 19 heavy (non-hydrogen) atoms. The quantitative estimate of drug-likeness (QED) is 0.797. The van der Waals surface area contributed by atoms with Gasteiger partial charge in [0.15, 0.2) is 14.9 Å². The Morgan fingerprint density at radius 3 is 2.79 bits per heavy atom. The number of hydrogen-bond donors (Lipinski definition) is 0. The number of fused-ring (bicyclic) bond motifs is 1. The van der Waals surface area contributed by atoms with Crippen molar-refractivity contribution in [3.05, 3.63) is 30.5 Å². The monoisotopic (exact) mass is 299 g/mol. The average molecular weight is 300 g/mol. The summed E-state index contributed by atoms with van der Waals surface area (Å²) in [7, 11) is -1.84. The van der Waals surface area contributed by atoms with Gasteiger partial charge in [0, 0.05) is 17.5 Å². The molecule has 2 rings (SSSR count). The van der Waals surface area contributed by atoms with Crippen LogP contribution in [0.5, 0.6) is 5.75 Å². The molecule has 0 unspecified atom stereocenters. The minimum absolute atomic E-state index is 0.00857. The summed E-state index contributed by atoms with van der Waals surface area (Å²) in [4.78, 5) is 4.02. The molecule has 0 N–H and O–H groups in total. The van der Waals surface area contributed by atoms with E-state index in [-0.39, 0.29) is 10.8 Å². The highest BCUT2D eigenvalue weighted by atomic mass is 35.5. The topological polar surface area (TPSA) is 56.3 Å². The number of halogens is 1. The van der Waals surface area contributed by atoms with Crippen LogP contribution in [0.25, 0.3) is 10.8 Å². The zero-order valence-electron chi connectivity index (χ0n) is 10.5. The van der Waals surface area contributed by atoms with Crippen LogP contribution in [0.4, 0.5) is 0 Å². The highest BCUT2D eigenvalue weighted by Gasteiger charge is 2.18. The molecule has 0 saturated carbocycles. The third-order valence-corrected chi connectivity index (χ3v) is 4.78. The molecule has 1 heterocycles. The van der Waals surface area contributed by atoms with Gasteiger partial charge in [-0.05, 0) is 36.1 Å². The van der Waals surface area contributed by atoms with Gasteiger partial charge in [-0.3, -0.25) is 0 Å². The van der Waals surface area contributed by atoms with Crippen molar-refractivity contribution in [2.45, 2.75) is 11.4 Å². The van der Waals surface area contributed by atoms with Crippen molar-refractivity contribution in [3.63, 3.8) is 0 Å². The van der Waals surface area contributed by atoms with E-state index in [1.165, 1.54) is 6.20 Å². The molecule has 1 aromatic carbocycles. The van der Waals surface area contributed by atoms with Crippen molar-refractivity contribution in [2.75, 3.05) is 18.7 Å². The first-order chi connectivity index (χ1) is 9.08. The molecule has 0 atom stereocenters. The molecule has 0 bridgehead atoms.